The van der Waals surface area contributed by atoms with Gasteiger partial charge in [-0.2, -0.15) is 26.3 Å². The third-order valence-corrected chi connectivity index (χ3v) is 16.7. The van der Waals surface area contributed by atoms with Gasteiger partial charge in [-0.1, -0.05) is 125 Å². The summed E-state index contributed by atoms with van der Waals surface area (Å²) >= 11 is 6.16. The van der Waals surface area contributed by atoms with E-state index in [9.17, 15) is 45.5 Å². The molecule has 8 aromatic rings. The van der Waals surface area contributed by atoms with Crippen molar-refractivity contribution in [3.05, 3.63) is 224 Å². The van der Waals surface area contributed by atoms with Gasteiger partial charge in [0.05, 0.1) is 24.5 Å². The van der Waals surface area contributed by atoms with Gasteiger partial charge in [0.2, 0.25) is 0 Å². The molecule has 0 bridgehead atoms. The lowest BCUT2D eigenvalue weighted by Crippen LogP contribution is -2.12. The summed E-state index contributed by atoms with van der Waals surface area (Å²) in [4.78, 5) is 49.9. The Bertz CT molecular complexity index is 3810. The Morgan fingerprint density at radius 1 is 0.548 bits per heavy atom. The van der Waals surface area contributed by atoms with Crippen LogP contribution in [0.1, 0.15) is 132 Å². The van der Waals surface area contributed by atoms with Gasteiger partial charge in [-0.3, -0.25) is 19.2 Å². The summed E-state index contributed by atoms with van der Waals surface area (Å²) in [6, 6.07) is 38.2. The molecule has 0 radical (unpaired) electrons. The van der Waals surface area contributed by atoms with Crippen LogP contribution >= 0.6 is 11.6 Å². The maximum Gasteiger partial charge on any atom is 0.416 e. The molecule has 0 aliphatic heterocycles. The Morgan fingerprint density at radius 3 is 1.73 bits per heavy atom. The maximum atomic E-state index is 13.1. The van der Waals surface area contributed by atoms with Gasteiger partial charge >= 0.3 is 12.4 Å². The highest BCUT2D eigenvalue weighted by atomic mass is 35.5. The van der Waals surface area contributed by atoms with Gasteiger partial charge < -0.3 is 9.15 Å². The molecule has 0 saturated heterocycles. The van der Waals surface area contributed by atoms with Crippen molar-refractivity contribution < 1.29 is 54.7 Å². The van der Waals surface area contributed by atoms with Gasteiger partial charge in [0.1, 0.15) is 11.5 Å². The fourth-order valence-corrected chi connectivity index (χ4v) is 12.2. The first kappa shape index (κ1) is 60.5. The SMILES string of the molecule is C=Cc1cc2c(c(-c3ccco3)c1)C(=O)C(CC)C2.CC1Cc2cc(Cl)cc(-c3ccccc3)c2C1=O.CCC1Cc2c(C)ccc(-c3cc(C(F)(F)F)cc(C(F)(F)F)c3)c2C1=O.COc1ccc(-c2c(C)ccc3c2C(=O)C(C)C3)cc1. The van der Waals surface area contributed by atoms with Crippen LogP contribution in [0.3, 0.4) is 0 Å². The Hall–Kier alpha value is -8.09. The molecule has 4 aliphatic carbocycles. The van der Waals surface area contributed by atoms with E-state index in [1.807, 2.05) is 112 Å². The first-order valence-corrected chi connectivity index (χ1v) is 28.4. The first-order valence-electron chi connectivity index (χ1n) is 28.0. The van der Waals surface area contributed by atoms with Crippen LogP contribution in [0.15, 0.2) is 151 Å². The third kappa shape index (κ3) is 12.3. The molecule has 0 spiro atoms. The molecular formula is C71H63ClF6O6. The lowest BCUT2D eigenvalue weighted by atomic mass is 9.91. The predicted molar refractivity (Wildman–Crippen MR) is 319 cm³/mol. The summed E-state index contributed by atoms with van der Waals surface area (Å²) in [5.41, 5.74) is 12.1. The number of hydrogen-bond donors (Lipinski definition) is 0. The number of Topliss-reactive ketones (excluding diaryl/α,β-unsaturated/α-hetero) is 4. The van der Waals surface area contributed by atoms with E-state index in [0.29, 0.717) is 35.6 Å². The summed E-state index contributed by atoms with van der Waals surface area (Å²) in [6.07, 6.45) is -2.02. The van der Waals surface area contributed by atoms with E-state index in [1.165, 1.54) is 11.6 Å². The molecule has 7 aromatic carbocycles. The minimum atomic E-state index is -4.93. The minimum absolute atomic E-state index is 0.0703. The zero-order chi connectivity index (χ0) is 60.5. The van der Waals surface area contributed by atoms with Crippen LogP contribution in [0.5, 0.6) is 5.75 Å². The molecule has 0 fully saturated rings. The molecule has 13 heteroatoms. The zero-order valence-corrected chi connectivity index (χ0v) is 48.5. The van der Waals surface area contributed by atoms with Crippen LogP contribution in [0.2, 0.25) is 5.02 Å². The molecule has 4 atom stereocenters. The molecule has 0 saturated carbocycles. The number of alkyl halides is 6. The molecular weight excluding hydrogens is 1100 g/mol. The van der Waals surface area contributed by atoms with Gasteiger partial charge in [-0.05, 0) is 185 Å². The van der Waals surface area contributed by atoms with Crippen LogP contribution in [-0.2, 0) is 38.0 Å². The molecule has 0 N–H and O–H groups in total. The first-order chi connectivity index (χ1) is 39.9. The number of carbonyl (C=O) groups is 4. The van der Waals surface area contributed by atoms with E-state index in [2.05, 4.69) is 38.6 Å². The van der Waals surface area contributed by atoms with E-state index in [4.69, 9.17) is 20.8 Å². The summed E-state index contributed by atoms with van der Waals surface area (Å²) < 4.78 is 89.6. The number of aryl methyl sites for hydroxylation is 2. The lowest BCUT2D eigenvalue weighted by molar-refractivity contribution is -0.143. The Labute approximate surface area is 490 Å². The smallest absolute Gasteiger partial charge is 0.416 e. The molecule has 0 amide bonds. The predicted octanol–water partition coefficient (Wildman–Crippen LogP) is 19.2. The highest BCUT2D eigenvalue weighted by molar-refractivity contribution is 6.31. The Balaban J connectivity index is 0.000000136. The molecule has 4 aliphatic rings. The number of ether oxygens (including phenoxy) is 1. The van der Waals surface area contributed by atoms with Crippen LogP contribution in [0, 0.1) is 37.5 Å². The summed E-state index contributed by atoms with van der Waals surface area (Å²) in [7, 11) is 1.66. The monoisotopic (exact) mass is 1160 g/mol. The van der Waals surface area contributed by atoms with E-state index < -0.39 is 23.5 Å². The van der Waals surface area contributed by atoms with Crippen LogP contribution < -0.4 is 4.74 Å². The molecule has 1 aromatic heterocycles. The van der Waals surface area contributed by atoms with Crippen molar-refractivity contribution in [3.8, 4) is 50.5 Å². The van der Waals surface area contributed by atoms with Crippen LogP contribution in [-0.4, -0.2) is 30.2 Å². The van der Waals surface area contributed by atoms with Gasteiger partial charge in [-0.25, -0.2) is 0 Å². The molecule has 432 valence electrons. The van der Waals surface area contributed by atoms with E-state index in [1.54, 1.807) is 26.4 Å². The maximum absolute atomic E-state index is 13.1. The molecule has 84 heavy (non-hydrogen) atoms. The van der Waals surface area contributed by atoms with Crippen molar-refractivity contribution in [2.75, 3.05) is 7.11 Å². The second-order valence-corrected chi connectivity index (χ2v) is 22.5. The topological polar surface area (TPSA) is 90.7 Å². The number of carbonyl (C=O) groups excluding carboxylic acids is 4. The number of halogens is 7. The molecule has 6 nitrogen and oxygen atoms in total. The lowest BCUT2D eigenvalue weighted by Gasteiger charge is -2.16. The average Bonchev–Trinajstić information content (AvgIpc) is 2.51. The zero-order valence-electron chi connectivity index (χ0n) is 47.7. The van der Waals surface area contributed by atoms with Crippen LogP contribution in [0.4, 0.5) is 26.3 Å². The van der Waals surface area contributed by atoms with Gasteiger partial charge in [0, 0.05) is 56.5 Å². The largest absolute Gasteiger partial charge is 0.497 e. The van der Waals surface area contributed by atoms with Crippen molar-refractivity contribution in [3.63, 3.8) is 0 Å². The average molecular weight is 1160 g/mol. The number of methoxy groups -OCH3 is 1. The number of ketones is 4. The quantitative estimate of drug-likeness (QED) is 0.141. The van der Waals surface area contributed by atoms with E-state index in [0.717, 1.165) is 110 Å². The van der Waals surface area contributed by atoms with Gasteiger partial charge in [0.25, 0.3) is 0 Å². The Kier molecular flexibility index (Phi) is 17.7. The fourth-order valence-electron chi connectivity index (χ4n) is 12.0. The number of fused-ring (bicyclic) bond motifs is 4. The number of rotatable bonds is 8. The second-order valence-electron chi connectivity index (χ2n) is 22.0. The molecule has 12 rings (SSSR count). The summed E-state index contributed by atoms with van der Waals surface area (Å²) in [6.45, 7) is 15.5. The standard InChI is InChI=1S/C20H16F6O.C18H18O2.C17H16O2.C16H13ClO/c1-3-11-8-16-10(2)4-5-15(17(16)18(11)27)12-6-13(19(21,22)23)9-14(7-12)20(24,25)26;1-11-4-5-14-10-12(2)18(19)17(14)16(11)13-6-8-15(20-3)9-7-13;1-3-11-8-13-10-12(4-2)17(18)16(13)14(9-11)15-6-5-7-19-15;1-10-7-12-8-13(17)9-14(15(12)16(10)18)11-5-3-2-4-6-11/h4-7,9,11H,3,8H2,1-2H3;4-9,12H,10H2,1-3H3;3,5-9,12H,1,4,10H2,2H3;2-6,8-10H,7H2,1H3. The van der Waals surface area contributed by atoms with Gasteiger partial charge in [-0.15, -0.1) is 0 Å². The van der Waals surface area contributed by atoms with Crippen molar-refractivity contribution in [1.29, 1.82) is 0 Å². The fraction of sp³-hybridized carbons (Fsp3) is 0.268. The van der Waals surface area contributed by atoms with Crippen LogP contribution in [0.25, 0.3) is 50.8 Å². The van der Waals surface area contributed by atoms with Crippen molar-refractivity contribution in [1.82, 2.24) is 0 Å². The second kappa shape index (κ2) is 24.6. The summed E-state index contributed by atoms with van der Waals surface area (Å²) in [5, 5.41) is 0.703. The molecule has 1 heterocycles. The normalized spacial score (nSPS) is 17.5. The highest BCUT2D eigenvalue weighted by Crippen LogP contribution is 2.44. The Morgan fingerprint density at radius 2 is 1.13 bits per heavy atom. The summed E-state index contributed by atoms with van der Waals surface area (Å²) in [5.74, 6) is 2.11. The van der Waals surface area contributed by atoms with E-state index in [-0.39, 0.29) is 69.6 Å². The van der Waals surface area contributed by atoms with Crippen molar-refractivity contribution in [2.45, 2.75) is 92.4 Å². The minimum Gasteiger partial charge on any atom is -0.497 e. The third-order valence-electron chi connectivity index (χ3n) is 16.4. The van der Waals surface area contributed by atoms with E-state index >= 15 is 0 Å². The van der Waals surface area contributed by atoms with Crippen molar-refractivity contribution in [2.24, 2.45) is 23.7 Å². The van der Waals surface area contributed by atoms with Gasteiger partial charge in [0.15, 0.2) is 23.1 Å². The molecule has 4 unspecified atom stereocenters. The number of benzene rings is 7. The van der Waals surface area contributed by atoms with Crippen molar-refractivity contribution >= 4 is 40.8 Å². The number of hydrogen-bond acceptors (Lipinski definition) is 6. The highest BCUT2D eigenvalue weighted by Gasteiger charge is 2.40. The number of furan rings is 1.